The molecule has 0 bridgehead atoms. The molecule has 2 rings (SSSR count). The molecule has 1 atom stereocenters. The predicted molar refractivity (Wildman–Crippen MR) is 133 cm³/mol. The normalized spacial score (nSPS) is 11.9. The monoisotopic (exact) mass is 436 g/mol. The van der Waals surface area contributed by atoms with Crippen molar-refractivity contribution >= 4 is 11.8 Å². The van der Waals surface area contributed by atoms with E-state index in [0.717, 1.165) is 24.0 Å². The van der Waals surface area contributed by atoms with Gasteiger partial charge in [-0.1, -0.05) is 88.2 Å². The van der Waals surface area contributed by atoms with Gasteiger partial charge in [0.15, 0.2) is 0 Å². The standard InChI is InChI=1S/C28H40N2O2/c1-6-8-19-29-28(32)26(7-2)30(20-24-11-9-22(5)10-12-24)27(31)18-15-23-13-16-25(17-14-23)21(3)4/h9-14,16-17,21,26H,6-8,15,18-20H2,1-5H3,(H,29,32)/t26-/m1/s1. The molecule has 0 aliphatic rings. The number of carbonyl (C=O) groups is 2. The van der Waals surface area contributed by atoms with Crippen LogP contribution in [-0.2, 0) is 22.6 Å². The van der Waals surface area contributed by atoms with E-state index < -0.39 is 6.04 Å². The van der Waals surface area contributed by atoms with Gasteiger partial charge in [-0.3, -0.25) is 9.59 Å². The second-order valence-corrected chi connectivity index (χ2v) is 8.97. The molecule has 0 saturated heterocycles. The molecule has 1 N–H and O–H groups in total. The Morgan fingerprint density at radius 2 is 1.56 bits per heavy atom. The summed E-state index contributed by atoms with van der Waals surface area (Å²) in [5, 5.41) is 3.02. The van der Waals surface area contributed by atoms with Gasteiger partial charge < -0.3 is 10.2 Å². The number of amides is 2. The zero-order chi connectivity index (χ0) is 23.5. The van der Waals surface area contributed by atoms with Crippen LogP contribution in [0, 0.1) is 6.92 Å². The Labute approximate surface area is 194 Å². The number of nitrogens with one attached hydrogen (secondary N) is 1. The molecule has 2 aromatic carbocycles. The number of benzene rings is 2. The number of hydrogen-bond acceptors (Lipinski definition) is 2. The van der Waals surface area contributed by atoms with Crippen LogP contribution in [0.25, 0.3) is 0 Å². The minimum absolute atomic E-state index is 0.0241. The van der Waals surface area contributed by atoms with E-state index in [0.29, 0.717) is 38.3 Å². The van der Waals surface area contributed by atoms with E-state index in [4.69, 9.17) is 0 Å². The van der Waals surface area contributed by atoms with Crippen LogP contribution in [0.4, 0.5) is 0 Å². The molecule has 0 unspecified atom stereocenters. The molecule has 32 heavy (non-hydrogen) atoms. The fourth-order valence-corrected chi connectivity index (χ4v) is 3.78. The van der Waals surface area contributed by atoms with E-state index in [9.17, 15) is 9.59 Å². The molecule has 0 aliphatic heterocycles. The smallest absolute Gasteiger partial charge is 0.242 e. The lowest BCUT2D eigenvalue weighted by Crippen LogP contribution is -2.49. The second kappa shape index (κ2) is 13.0. The van der Waals surface area contributed by atoms with Gasteiger partial charge >= 0.3 is 0 Å². The summed E-state index contributed by atoms with van der Waals surface area (Å²) in [6.07, 6.45) is 3.64. The van der Waals surface area contributed by atoms with Crippen LogP contribution >= 0.6 is 0 Å². The third kappa shape index (κ3) is 7.81. The summed E-state index contributed by atoms with van der Waals surface area (Å²) in [6, 6.07) is 16.2. The fraction of sp³-hybridized carbons (Fsp3) is 0.500. The molecule has 0 heterocycles. The lowest BCUT2D eigenvalue weighted by molar-refractivity contribution is -0.141. The van der Waals surface area contributed by atoms with E-state index in [2.05, 4.69) is 62.5 Å². The van der Waals surface area contributed by atoms with Crippen molar-refractivity contribution in [1.82, 2.24) is 10.2 Å². The van der Waals surface area contributed by atoms with Crippen LogP contribution in [0.15, 0.2) is 48.5 Å². The first-order valence-electron chi connectivity index (χ1n) is 12.1. The van der Waals surface area contributed by atoms with Crippen LogP contribution in [-0.4, -0.2) is 29.3 Å². The molecule has 174 valence electrons. The second-order valence-electron chi connectivity index (χ2n) is 8.97. The Bertz CT molecular complexity index is 841. The van der Waals surface area contributed by atoms with Crippen molar-refractivity contribution in [3.63, 3.8) is 0 Å². The number of aryl methyl sites for hydroxylation is 2. The fourth-order valence-electron chi connectivity index (χ4n) is 3.78. The zero-order valence-corrected chi connectivity index (χ0v) is 20.5. The summed E-state index contributed by atoms with van der Waals surface area (Å²) in [6.45, 7) is 11.6. The van der Waals surface area contributed by atoms with Crippen molar-refractivity contribution in [1.29, 1.82) is 0 Å². The maximum absolute atomic E-state index is 13.3. The predicted octanol–water partition coefficient (Wildman–Crippen LogP) is 5.77. The van der Waals surface area contributed by atoms with Crippen molar-refractivity contribution in [2.45, 2.75) is 85.2 Å². The molecule has 4 heteroatoms. The minimum Gasteiger partial charge on any atom is -0.354 e. The topological polar surface area (TPSA) is 49.4 Å². The highest BCUT2D eigenvalue weighted by Crippen LogP contribution is 2.18. The first-order valence-corrected chi connectivity index (χ1v) is 12.1. The van der Waals surface area contributed by atoms with E-state index in [-0.39, 0.29) is 11.8 Å². The molecule has 0 aromatic heterocycles. The number of hydrogen-bond donors (Lipinski definition) is 1. The van der Waals surface area contributed by atoms with E-state index in [1.165, 1.54) is 11.1 Å². The molecule has 0 saturated carbocycles. The first-order chi connectivity index (χ1) is 15.3. The molecule has 0 aliphatic carbocycles. The van der Waals surface area contributed by atoms with Crippen molar-refractivity contribution < 1.29 is 9.59 Å². The van der Waals surface area contributed by atoms with Crippen LogP contribution in [0.5, 0.6) is 0 Å². The molecule has 0 radical (unpaired) electrons. The Balaban J connectivity index is 2.14. The van der Waals surface area contributed by atoms with Gasteiger partial charge in [0, 0.05) is 19.5 Å². The van der Waals surface area contributed by atoms with Crippen LogP contribution < -0.4 is 5.32 Å². The largest absolute Gasteiger partial charge is 0.354 e. The van der Waals surface area contributed by atoms with Crippen molar-refractivity contribution in [3.05, 3.63) is 70.8 Å². The lowest BCUT2D eigenvalue weighted by atomic mass is 10.00. The summed E-state index contributed by atoms with van der Waals surface area (Å²) in [5.41, 5.74) is 4.68. The Hall–Kier alpha value is -2.62. The number of carbonyl (C=O) groups excluding carboxylic acids is 2. The summed E-state index contributed by atoms with van der Waals surface area (Å²) in [4.78, 5) is 28.0. The van der Waals surface area contributed by atoms with Gasteiger partial charge in [0.1, 0.15) is 6.04 Å². The molecule has 0 fully saturated rings. The summed E-state index contributed by atoms with van der Waals surface area (Å²) in [7, 11) is 0. The summed E-state index contributed by atoms with van der Waals surface area (Å²) >= 11 is 0. The van der Waals surface area contributed by atoms with Gasteiger partial charge in [-0.25, -0.2) is 0 Å². The molecular weight excluding hydrogens is 396 g/mol. The van der Waals surface area contributed by atoms with E-state index in [1.54, 1.807) is 4.90 Å². The highest BCUT2D eigenvalue weighted by Gasteiger charge is 2.28. The molecule has 2 aromatic rings. The Morgan fingerprint density at radius 3 is 2.12 bits per heavy atom. The van der Waals surface area contributed by atoms with Gasteiger partial charge in [0.25, 0.3) is 0 Å². The van der Waals surface area contributed by atoms with Gasteiger partial charge in [-0.05, 0) is 48.8 Å². The van der Waals surface area contributed by atoms with Gasteiger partial charge in [-0.2, -0.15) is 0 Å². The highest BCUT2D eigenvalue weighted by molar-refractivity contribution is 5.87. The lowest BCUT2D eigenvalue weighted by Gasteiger charge is -2.31. The van der Waals surface area contributed by atoms with Crippen LogP contribution in [0.3, 0.4) is 0 Å². The minimum atomic E-state index is -0.455. The third-order valence-corrected chi connectivity index (χ3v) is 5.96. The highest BCUT2D eigenvalue weighted by atomic mass is 16.2. The Kier molecular flexibility index (Phi) is 10.5. The molecule has 0 spiro atoms. The van der Waals surface area contributed by atoms with Gasteiger partial charge in [-0.15, -0.1) is 0 Å². The molecule has 2 amide bonds. The Morgan fingerprint density at radius 1 is 0.938 bits per heavy atom. The number of nitrogens with zero attached hydrogens (tertiary/aromatic N) is 1. The summed E-state index contributed by atoms with van der Waals surface area (Å²) in [5.74, 6) is 0.464. The van der Waals surface area contributed by atoms with E-state index in [1.807, 2.05) is 26.0 Å². The summed E-state index contributed by atoms with van der Waals surface area (Å²) < 4.78 is 0. The number of rotatable bonds is 12. The average Bonchev–Trinajstić information content (AvgIpc) is 2.79. The van der Waals surface area contributed by atoms with Crippen LogP contribution in [0.1, 0.15) is 81.5 Å². The maximum Gasteiger partial charge on any atom is 0.242 e. The molecular formula is C28H40N2O2. The third-order valence-electron chi connectivity index (χ3n) is 5.96. The first kappa shape index (κ1) is 25.6. The number of unbranched alkanes of at least 4 members (excludes halogenated alkanes) is 1. The van der Waals surface area contributed by atoms with Crippen molar-refractivity contribution in [3.8, 4) is 0 Å². The molecule has 4 nitrogen and oxygen atoms in total. The van der Waals surface area contributed by atoms with Gasteiger partial charge in [0.2, 0.25) is 11.8 Å². The maximum atomic E-state index is 13.3. The van der Waals surface area contributed by atoms with Crippen molar-refractivity contribution in [2.75, 3.05) is 6.54 Å². The van der Waals surface area contributed by atoms with Crippen molar-refractivity contribution in [2.24, 2.45) is 0 Å². The zero-order valence-electron chi connectivity index (χ0n) is 20.5. The van der Waals surface area contributed by atoms with Crippen LogP contribution in [0.2, 0.25) is 0 Å². The average molecular weight is 437 g/mol. The quantitative estimate of drug-likeness (QED) is 0.429. The van der Waals surface area contributed by atoms with Gasteiger partial charge in [0.05, 0.1) is 0 Å². The van der Waals surface area contributed by atoms with E-state index >= 15 is 0 Å². The SMILES string of the molecule is CCCCNC(=O)[C@@H](CC)N(Cc1ccc(C)cc1)C(=O)CCc1ccc(C(C)C)cc1.